The van der Waals surface area contributed by atoms with Crippen LogP contribution in [0.5, 0.6) is 0 Å². The van der Waals surface area contributed by atoms with E-state index >= 15 is 0 Å². The summed E-state index contributed by atoms with van der Waals surface area (Å²) in [6, 6.07) is 2.95. The zero-order valence-electron chi connectivity index (χ0n) is 9.41. The maximum absolute atomic E-state index is 12.2. The Balaban J connectivity index is 0.00000144. The SMILES string of the molecule is Cl.NCC1CCCCN1S(=O)(=O)c1ccco1. The molecule has 0 saturated carbocycles. The van der Waals surface area contributed by atoms with Crippen LogP contribution in [0.1, 0.15) is 19.3 Å². The van der Waals surface area contributed by atoms with E-state index in [-0.39, 0.29) is 23.5 Å². The second kappa shape index (κ2) is 5.86. The van der Waals surface area contributed by atoms with Gasteiger partial charge in [0.05, 0.1) is 6.26 Å². The standard InChI is InChI=1S/C10H16N2O3S.ClH/c11-8-9-4-1-2-6-12(9)16(13,14)10-5-3-7-15-10;/h3,5,7,9H,1-2,4,6,8,11H2;1H. The lowest BCUT2D eigenvalue weighted by atomic mass is 10.1. The summed E-state index contributed by atoms with van der Waals surface area (Å²) in [7, 11) is -3.49. The van der Waals surface area contributed by atoms with Crippen molar-refractivity contribution in [3.63, 3.8) is 0 Å². The molecule has 0 aliphatic carbocycles. The van der Waals surface area contributed by atoms with Crippen LogP contribution in [-0.2, 0) is 10.0 Å². The molecule has 98 valence electrons. The molecule has 2 rings (SSSR count). The van der Waals surface area contributed by atoms with Gasteiger partial charge in [0.25, 0.3) is 10.0 Å². The van der Waals surface area contributed by atoms with Crippen molar-refractivity contribution in [2.45, 2.75) is 30.4 Å². The van der Waals surface area contributed by atoms with Crippen molar-refractivity contribution in [3.05, 3.63) is 18.4 Å². The lowest BCUT2D eigenvalue weighted by molar-refractivity contribution is 0.251. The number of piperidine rings is 1. The molecular weight excluding hydrogens is 264 g/mol. The fraction of sp³-hybridized carbons (Fsp3) is 0.600. The maximum Gasteiger partial charge on any atom is 0.276 e. The molecule has 1 aliphatic heterocycles. The largest absolute Gasteiger partial charge is 0.452 e. The third-order valence-corrected chi connectivity index (χ3v) is 4.74. The van der Waals surface area contributed by atoms with E-state index in [1.807, 2.05) is 0 Å². The summed E-state index contributed by atoms with van der Waals surface area (Å²) in [4.78, 5) is 0. The van der Waals surface area contributed by atoms with Crippen LogP contribution in [0.25, 0.3) is 0 Å². The number of hydrogen-bond acceptors (Lipinski definition) is 4. The molecule has 0 amide bonds. The third kappa shape index (κ3) is 2.82. The molecule has 1 aromatic heterocycles. The van der Waals surface area contributed by atoms with Gasteiger partial charge in [0.1, 0.15) is 0 Å². The van der Waals surface area contributed by atoms with Gasteiger partial charge < -0.3 is 10.2 Å². The lowest BCUT2D eigenvalue weighted by Gasteiger charge is -2.32. The predicted octanol–water partition coefficient (Wildman–Crippen LogP) is 1.20. The van der Waals surface area contributed by atoms with Gasteiger partial charge in [-0.05, 0) is 25.0 Å². The van der Waals surface area contributed by atoms with Crippen LogP contribution in [0.4, 0.5) is 0 Å². The minimum atomic E-state index is -3.49. The molecule has 0 aromatic carbocycles. The van der Waals surface area contributed by atoms with E-state index in [2.05, 4.69) is 0 Å². The van der Waals surface area contributed by atoms with E-state index in [4.69, 9.17) is 10.2 Å². The Bertz CT molecular complexity index is 432. The maximum atomic E-state index is 12.2. The highest BCUT2D eigenvalue weighted by Crippen LogP contribution is 2.24. The average molecular weight is 281 g/mol. The molecule has 1 aromatic rings. The van der Waals surface area contributed by atoms with Gasteiger partial charge >= 0.3 is 0 Å². The summed E-state index contributed by atoms with van der Waals surface area (Å²) in [5.74, 6) is 0. The van der Waals surface area contributed by atoms with Gasteiger partial charge in [-0.3, -0.25) is 0 Å². The molecule has 1 atom stereocenters. The van der Waals surface area contributed by atoms with Gasteiger partial charge in [-0.1, -0.05) is 6.42 Å². The topological polar surface area (TPSA) is 76.5 Å². The highest BCUT2D eigenvalue weighted by Gasteiger charge is 2.34. The number of rotatable bonds is 3. The number of furan rings is 1. The third-order valence-electron chi connectivity index (χ3n) is 2.90. The van der Waals surface area contributed by atoms with Gasteiger partial charge in [-0.2, -0.15) is 4.31 Å². The van der Waals surface area contributed by atoms with Crippen molar-refractivity contribution in [1.82, 2.24) is 4.31 Å². The van der Waals surface area contributed by atoms with Gasteiger partial charge in [0.15, 0.2) is 0 Å². The van der Waals surface area contributed by atoms with Crippen molar-refractivity contribution in [1.29, 1.82) is 0 Å². The molecule has 1 fully saturated rings. The highest BCUT2D eigenvalue weighted by atomic mass is 35.5. The normalized spacial score (nSPS) is 22.1. The van der Waals surface area contributed by atoms with Crippen molar-refractivity contribution in [2.75, 3.05) is 13.1 Å². The van der Waals surface area contributed by atoms with Crippen LogP contribution >= 0.6 is 12.4 Å². The lowest BCUT2D eigenvalue weighted by Crippen LogP contribution is -2.47. The van der Waals surface area contributed by atoms with Crippen LogP contribution in [0.3, 0.4) is 0 Å². The fourth-order valence-electron chi connectivity index (χ4n) is 2.05. The number of nitrogens with two attached hydrogens (primary N) is 1. The number of hydrogen-bond donors (Lipinski definition) is 1. The number of sulfonamides is 1. The second-order valence-electron chi connectivity index (χ2n) is 3.93. The van der Waals surface area contributed by atoms with E-state index in [0.717, 1.165) is 19.3 Å². The summed E-state index contributed by atoms with van der Waals surface area (Å²) >= 11 is 0. The molecule has 1 aliphatic rings. The van der Waals surface area contributed by atoms with Crippen LogP contribution < -0.4 is 5.73 Å². The first-order valence-electron chi connectivity index (χ1n) is 5.41. The Morgan fingerprint density at radius 3 is 2.82 bits per heavy atom. The van der Waals surface area contributed by atoms with E-state index in [0.29, 0.717) is 13.1 Å². The summed E-state index contributed by atoms with van der Waals surface area (Å²) in [6.45, 7) is 0.894. The van der Waals surface area contributed by atoms with Crippen LogP contribution in [0.15, 0.2) is 27.9 Å². The van der Waals surface area contributed by atoms with E-state index in [1.54, 1.807) is 6.07 Å². The molecule has 2 heterocycles. The molecule has 0 radical (unpaired) electrons. The van der Waals surface area contributed by atoms with E-state index in [1.165, 1.54) is 16.6 Å². The van der Waals surface area contributed by atoms with E-state index in [9.17, 15) is 8.42 Å². The van der Waals surface area contributed by atoms with Crippen molar-refractivity contribution in [2.24, 2.45) is 5.73 Å². The van der Waals surface area contributed by atoms with E-state index < -0.39 is 10.0 Å². The smallest absolute Gasteiger partial charge is 0.276 e. The molecule has 1 saturated heterocycles. The number of halogens is 1. The molecule has 2 N–H and O–H groups in total. The summed E-state index contributed by atoms with van der Waals surface area (Å²) in [5.41, 5.74) is 5.61. The Hall–Kier alpha value is -0.560. The number of nitrogens with zero attached hydrogens (tertiary/aromatic N) is 1. The average Bonchev–Trinajstić information content (AvgIpc) is 2.83. The van der Waals surface area contributed by atoms with Gasteiger partial charge in [0, 0.05) is 19.1 Å². The summed E-state index contributed by atoms with van der Waals surface area (Å²) < 4.78 is 30.8. The second-order valence-corrected chi connectivity index (χ2v) is 5.75. The zero-order valence-corrected chi connectivity index (χ0v) is 11.0. The molecule has 5 nitrogen and oxygen atoms in total. The Morgan fingerprint density at radius 1 is 1.47 bits per heavy atom. The first-order valence-corrected chi connectivity index (χ1v) is 6.85. The molecule has 17 heavy (non-hydrogen) atoms. The van der Waals surface area contributed by atoms with Crippen LogP contribution in [-0.4, -0.2) is 31.9 Å². The predicted molar refractivity (Wildman–Crippen MR) is 66.5 cm³/mol. The highest BCUT2D eigenvalue weighted by molar-refractivity contribution is 7.89. The van der Waals surface area contributed by atoms with Crippen molar-refractivity contribution >= 4 is 22.4 Å². The quantitative estimate of drug-likeness (QED) is 0.903. The zero-order chi connectivity index (χ0) is 11.6. The minimum absolute atomic E-state index is 0. The molecule has 1 unspecified atom stereocenters. The Kier molecular flexibility index (Phi) is 5.00. The van der Waals surface area contributed by atoms with Gasteiger partial charge in [0.2, 0.25) is 5.09 Å². The molecule has 0 bridgehead atoms. The minimum Gasteiger partial charge on any atom is -0.452 e. The van der Waals surface area contributed by atoms with Crippen molar-refractivity contribution < 1.29 is 12.8 Å². The van der Waals surface area contributed by atoms with Gasteiger partial charge in [-0.25, -0.2) is 8.42 Å². The molecule has 7 heteroatoms. The summed E-state index contributed by atoms with van der Waals surface area (Å²) in [5, 5.41) is 0.00727. The fourth-order valence-corrected chi connectivity index (χ4v) is 3.66. The Morgan fingerprint density at radius 2 is 2.24 bits per heavy atom. The first kappa shape index (κ1) is 14.5. The Labute approximate surface area is 107 Å². The molecule has 0 spiro atoms. The van der Waals surface area contributed by atoms with Crippen molar-refractivity contribution in [3.8, 4) is 0 Å². The first-order chi connectivity index (χ1) is 7.66. The van der Waals surface area contributed by atoms with Gasteiger partial charge in [-0.15, -0.1) is 12.4 Å². The monoisotopic (exact) mass is 280 g/mol. The molecular formula is C10H17ClN2O3S. The summed E-state index contributed by atoms with van der Waals surface area (Å²) in [6.07, 6.45) is 4.12. The van der Waals surface area contributed by atoms with Crippen LogP contribution in [0.2, 0.25) is 0 Å². The van der Waals surface area contributed by atoms with Crippen LogP contribution in [0, 0.1) is 0 Å².